The van der Waals surface area contributed by atoms with Crippen molar-refractivity contribution in [2.45, 2.75) is 38.6 Å². The summed E-state index contributed by atoms with van der Waals surface area (Å²) in [7, 11) is 3.75. The number of benzene rings is 2. The second-order valence-corrected chi connectivity index (χ2v) is 16.7. The van der Waals surface area contributed by atoms with Crippen molar-refractivity contribution in [1.29, 1.82) is 5.26 Å². The number of nitriles is 1. The lowest BCUT2D eigenvalue weighted by atomic mass is 10.0. The highest BCUT2D eigenvalue weighted by Gasteiger charge is 2.27. The van der Waals surface area contributed by atoms with E-state index in [4.69, 9.17) is 55.0 Å². The van der Waals surface area contributed by atoms with Gasteiger partial charge in [0.1, 0.15) is 24.7 Å². The van der Waals surface area contributed by atoms with Gasteiger partial charge >= 0.3 is 0 Å². The molecule has 0 saturated carbocycles. The molecule has 4 aromatic heterocycles. The zero-order valence-electron chi connectivity index (χ0n) is 35.5. The Morgan fingerprint density at radius 2 is 1.52 bits per heavy atom. The SMILES string of the molecule is CN1C(=S)[C@@H](/C=C/CCC(=O)c2cc(Cc3ccc(-c4cnc5c(c4)OC[C@H](/C=C/CCC(=O)c4nc(Cl)n(Cc6cccc(C#N)c6)n4)C(=S)N5C)cc3)on2)COc2cccnc21. The van der Waals surface area contributed by atoms with Gasteiger partial charge in [-0.25, -0.2) is 14.6 Å². The van der Waals surface area contributed by atoms with Gasteiger partial charge in [0, 0.05) is 57.4 Å². The number of ketones is 2. The number of pyridine rings is 2. The van der Waals surface area contributed by atoms with E-state index >= 15 is 0 Å². The minimum absolute atomic E-state index is 0.0417. The normalized spacial score (nSPS) is 16.1. The van der Waals surface area contributed by atoms with Crippen LogP contribution in [0, 0.1) is 23.2 Å². The third-order valence-electron chi connectivity index (χ3n) is 10.9. The number of anilines is 2. The molecule has 17 heteroatoms. The molecule has 0 amide bonds. The molecule has 328 valence electrons. The molecule has 0 bridgehead atoms. The summed E-state index contributed by atoms with van der Waals surface area (Å²) >= 11 is 17.8. The first-order valence-electron chi connectivity index (χ1n) is 20.8. The first kappa shape index (κ1) is 44.7. The van der Waals surface area contributed by atoms with Crippen molar-refractivity contribution in [3.63, 3.8) is 0 Å². The third kappa shape index (κ3) is 10.6. The number of carbonyl (C=O) groups is 2. The molecule has 2 aromatic carbocycles. The Kier molecular flexibility index (Phi) is 13.9. The van der Waals surface area contributed by atoms with Gasteiger partial charge in [-0.15, -0.1) is 5.10 Å². The maximum atomic E-state index is 13.0. The van der Waals surface area contributed by atoms with Crippen LogP contribution in [-0.2, 0) is 13.0 Å². The van der Waals surface area contributed by atoms with Gasteiger partial charge in [0.2, 0.25) is 16.9 Å². The maximum absolute atomic E-state index is 13.0. The first-order valence-corrected chi connectivity index (χ1v) is 22.0. The Labute approximate surface area is 391 Å². The molecular formula is C48H42ClN9O5S2. The second-order valence-electron chi connectivity index (χ2n) is 15.5. The van der Waals surface area contributed by atoms with Crippen LogP contribution < -0.4 is 19.3 Å². The van der Waals surface area contributed by atoms with E-state index in [2.05, 4.69) is 26.3 Å². The molecule has 0 spiro atoms. The van der Waals surface area contributed by atoms with Crippen LogP contribution in [0.25, 0.3) is 11.1 Å². The maximum Gasteiger partial charge on any atom is 0.221 e. The van der Waals surface area contributed by atoms with E-state index in [1.165, 1.54) is 4.68 Å². The standard InChI is InChI=1S/C48H42ClN9O5S2/c1-56-44-41(15-8-20-51-44)61-28-34(46(56)64)11-3-5-13-39(59)38-24-37(63-55-38)22-30-16-18-33(19-17-30)36-23-42-45(52-26-36)57(2)47(65)35(29-62-42)12-4-6-14-40(60)43-53-48(49)58(54-43)27-32-10-7-9-31(21-32)25-50/h3-4,7-12,15-21,23-24,26,34-35H,5-6,13-14,22,27-29H2,1-2H3/b11-3+,12-4+/t34-,35-/m0/s1. The van der Waals surface area contributed by atoms with Crippen molar-refractivity contribution in [2.75, 3.05) is 37.1 Å². The summed E-state index contributed by atoms with van der Waals surface area (Å²) in [6.07, 6.45) is 13.2. The summed E-state index contributed by atoms with van der Waals surface area (Å²) in [5, 5.41) is 17.6. The molecule has 0 fully saturated rings. The molecule has 65 heavy (non-hydrogen) atoms. The van der Waals surface area contributed by atoms with Gasteiger partial charge in [0.25, 0.3) is 0 Å². The Morgan fingerprint density at radius 3 is 2.25 bits per heavy atom. The molecule has 2 aliphatic heterocycles. The summed E-state index contributed by atoms with van der Waals surface area (Å²) in [5.41, 5.74) is 4.46. The van der Waals surface area contributed by atoms with Crippen molar-refractivity contribution in [1.82, 2.24) is 29.9 Å². The van der Waals surface area contributed by atoms with Gasteiger partial charge < -0.3 is 23.8 Å². The number of thiocarbonyl (C=S) groups is 2. The number of nitrogens with zero attached hydrogens (tertiary/aromatic N) is 9. The highest BCUT2D eigenvalue weighted by molar-refractivity contribution is 7.80. The quantitative estimate of drug-likeness (QED) is 0.0544. The van der Waals surface area contributed by atoms with E-state index in [9.17, 15) is 14.9 Å². The van der Waals surface area contributed by atoms with Gasteiger partial charge in [0.15, 0.2) is 28.9 Å². The highest BCUT2D eigenvalue weighted by Crippen LogP contribution is 2.35. The second kappa shape index (κ2) is 20.3. The number of aromatic nitrogens is 6. The Hall–Kier alpha value is -6.93. The number of Topliss-reactive ketones (excluding diaryl/α,β-unsaturated/α-hetero) is 2. The topological polar surface area (TPSA) is 165 Å². The molecule has 2 aliphatic rings. The summed E-state index contributed by atoms with van der Waals surface area (Å²) < 4.78 is 19.2. The van der Waals surface area contributed by atoms with Gasteiger partial charge in [-0.3, -0.25) is 9.59 Å². The number of rotatable bonds is 15. The van der Waals surface area contributed by atoms with E-state index in [-0.39, 0.29) is 53.9 Å². The van der Waals surface area contributed by atoms with Gasteiger partial charge in [-0.2, -0.15) is 10.2 Å². The minimum Gasteiger partial charge on any atom is -0.489 e. The van der Waals surface area contributed by atoms with E-state index in [0.717, 1.165) is 22.3 Å². The predicted molar refractivity (Wildman–Crippen MR) is 254 cm³/mol. The van der Waals surface area contributed by atoms with E-state index in [1.54, 1.807) is 36.7 Å². The monoisotopic (exact) mass is 923 g/mol. The zero-order valence-corrected chi connectivity index (χ0v) is 37.9. The molecule has 0 N–H and O–H groups in total. The van der Waals surface area contributed by atoms with Crippen LogP contribution in [0.5, 0.6) is 11.5 Å². The first-order chi connectivity index (χ1) is 31.5. The summed E-state index contributed by atoms with van der Waals surface area (Å²) in [6, 6.07) is 24.6. The fourth-order valence-corrected chi connectivity index (χ4v) is 8.02. The minimum atomic E-state index is -0.239. The van der Waals surface area contributed by atoms with Crippen LogP contribution in [0.3, 0.4) is 0 Å². The number of ether oxygens (including phenoxy) is 2. The summed E-state index contributed by atoms with van der Waals surface area (Å²) in [5.74, 6) is 2.54. The van der Waals surface area contributed by atoms with Gasteiger partial charge in [-0.05, 0) is 71.5 Å². The molecule has 0 aliphatic carbocycles. The van der Waals surface area contributed by atoms with E-state index < -0.39 is 0 Å². The van der Waals surface area contributed by atoms with Crippen molar-refractivity contribution >= 4 is 69.2 Å². The van der Waals surface area contributed by atoms with E-state index in [0.29, 0.717) is 82.6 Å². The van der Waals surface area contributed by atoms with Crippen molar-refractivity contribution < 1.29 is 23.6 Å². The number of halogens is 1. The lowest BCUT2D eigenvalue weighted by molar-refractivity contribution is 0.0966. The number of allylic oxidation sites excluding steroid dienone is 2. The van der Waals surface area contributed by atoms with Crippen LogP contribution in [0.4, 0.5) is 11.6 Å². The van der Waals surface area contributed by atoms with Gasteiger partial charge in [0.05, 0.1) is 40.0 Å². The van der Waals surface area contributed by atoms with Crippen LogP contribution in [0.1, 0.15) is 69.2 Å². The van der Waals surface area contributed by atoms with E-state index in [1.807, 2.05) is 96.7 Å². The Morgan fingerprint density at radius 1 is 0.831 bits per heavy atom. The summed E-state index contributed by atoms with van der Waals surface area (Å²) in [6.45, 7) is 0.982. The van der Waals surface area contributed by atoms with Crippen LogP contribution in [0.15, 0.2) is 114 Å². The fraction of sp³-hybridized carbons (Fsp3) is 0.250. The number of carbonyl (C=O) groups excluding carboxylic acids is 2. The van der Waals surface area contributed by atoms with Crippen molar-refractivity contribution in [3.05, 3.63) is 149 Å². The average molecular weight is 925 g/mol. The number of hydrogen-bond acceptors (Lipinski definition) is 13. The molecule has 6 aromatic rings. The molecule has 6 heterocycles. The number of hydrogen-bond donors (Lipinski definition) is 0. The van der Waals surface area contributed by atoms with Crippen LogP contribution in [0.2, 0.25) is 5.28 Å². The molecular weight excluding hydrogens is 882 g/mol. The number of fused-ring (bicyclic) bond motifs is 2. The lowest BCUT2D eigenvalue weighted by Crippen LogP contribution is -2.31. The van der Waals surface area contributed by atoms with Crippen molar-refractivity contribution in [3.8, 4) is 28.7 Å². The lowest BCUT2D eigenvalue weighted by Gasteiger charge is -2.20. The molecule has 14 nitrogen and oxygen atoms in total. The fourth-order valence-electron chi connectivity index (χ4n) is 7.37. The predicted octanol–water partition coefficient (Wildman–Crippen LogP) is 8.87. The molecule has 0 unspecified atom stereocenters. The summed E-state index contributed by atoms with van der Waals surface area (Å²) in [4.78, 5) is 44.3. The molecule has 2 atom stereocenters. The molecule has 0 saturated heterocycles. The molecule has 8 rings (SSSR count). The Bertz CT molecular complexity index is 2870. The largest absolute Gasteiger partial charge is 0.489 e. The molecule has 0 radical (unpaired) electrons. The zero-order chi connectivity index (χ0) is 45.5. The highest BCUT2D eigenvalue weighted by atomic mass is 35.5. The average Bonchev–Trinajstić information content (AvgIpc) is 3.90. The van der Waals surface area contributed by atoms with Crippen LogP contribution >= 0.6 is 36.0 Å². The van der Waals surface area contributed by atoms with Crippen molar-refractivity contribution in [2.24, 2.45) is 11.8 Å². The van der Waals surface area contributed by atoms with Crippen LogP contribution in [-0.4, -0.2) is 78.7 Å². The Balaban J connectivity index is 0.807. The smallest absolute Gasteiger partial charge is 0.221 e. The third-order valence-corrected chi connectivity index (χ3v) is 12.4. The van der Waals surface area contributed by atoms with Gasteiger partial charge in [-0.1, -0.05) is 90.3 Å².